The molecular formula is C28H40N2O3. The summed E-state index contributed by atoms with van der Waals surface area (Å²) in [7, 11) is 0. The molecular weight excluding hydrogens is 412 g/mol. The molecule has 1 heterocycles. The van der Waals surface area contributed by atoms with Crippen LogP contribution in [-0.2, 0) is 10.2 Å². The number of morpholine rings is 1. The molecule has 0 spiro atoms. The van der Waals surface area contributed by atoms with Gasteiger partial charge in [-0.05, 0) is 62.8 Å². The second-order valence-corrected chi connectivity index (χ2v) is 9.99. The minimum absolute atomic E-state index is 0.0100. The summed E-state index contributed by atoms with van der Waals surface area (Å²) in [6.07, 6.45) is 2.51. The SMILES string of the molecule is CCC(C)(C)c1ccc(NC(=O)c2ccc(C)cc2)cc1OCCCN1CC(C)OC(C)C1. The van der Waals surface area contributed by atoms with Gasteiger partial charge in [0.2, 0.25) is 0 Å². The molecule has 1 fully saturated rings. The Labute approximate surface area is 199 Å². The number of benzene rings is 2. The summed E-state index contributed by atoms with van der Waals surface area (Å²) in [5.41, 5.74) is 3.70. The number of rotatable bonds is 9. The van der Waals surface area contributed by atoms with Crippen molar-refractivity contribution in [1.82, 2.24) is 4.90 Å². The molecule has 1 amide bonds. The Bertz CT molecular complexity index is 913. The zero-order valence-electron chi connectivity index (χ0n) is 21.1. The molecule has 2 aromatic carbocycles. The number of amides is 1. The standard InChI is InChI=1S/C28H40N2O3/c1-7-28(5,6)25-14-13-24(29-27(31)23-11-9-20(2)10-12-23)17-26(25)32-16-8-15-30-18-21(3)33-22(4)19-30/h9-14,17,21-22H,7-8,15-16,18-19H2,1-6H3,(H,29,31). The van der Waals surface area contributed by atoms with Crippen LogP contribution in [0, 0.1) is 6.92 Å². The van der Waals surface area contributed by atoms with Crippen LogP contribution in [0.2, 0.25) is 0 Å². The van der Waals surface area contributed by atoms with Gasteiger partial charge < -0.3 is 14.8 Å². The van der Waals surface area contributed by atoms with E-state index in [4.69, 9.17) is 9.47 Å². The van der Waals surface area contributed by atoms with Crippen molar-refractivity contribution < 1.29 is 14.3 Å². The van der Waals surface area contributed by atoms with Crippen molar-refractivity contribution in [1.29, 1.82) is 0 Å². The molecule has 5 heteroatoms. The number of aryl methyl sites for hydroxylation is 1. The van der Waals surface area contributed by atoms with Gasteiger partial charge in [0.1, 0.15) is 5.75 Å². The summed E-state index contributed by atoms with van der Waals surface area (Å²) < 4.78 is 12.1. The summed E-state index contributed by atoms with van der Waals surface area (Å²) >= 11 is 0. The average molecular weight is 453 g/mol. The molecule has 5 nitrogen and oxygen atoms in total. The van der Waals surface area contributed by atoms with Crippen LogP contribution >= 0.6 is 0 Å². The third-order valence-electron chi connectivity index (χ3n) is 6.54. The minimum atomic E-state index is -0.112. The van der Waals surface area contributed by atoms with Crippen molar-refractivity contribution in [2.45, 2.75) is 72.0 Å². The molecule has 3 rings (SSSR count). The molecule has 2 aromatic rings. The van der Waals surface area contributed by atoms with Gasteiger partial charge in [-0.3, -0.25) is 9.69 Å². The maximum absolute atomic E-state index is 12.7. The van der Waals surface area contributed by atoms with E-state index in [0.29, 0.717) is 12.2 Å². The van der Waals surface area contributed by atoms with Crippen LogP contribution in [0.3, 0.4) is 0 Å². The van der Waals surface area contributed by atoms with Crippen LogP contribution in [-0.4, -0.2) is 49.3 Å². The van der Waals surface area contributed by atoms with E-state index in [2.05, 4.69) is 50.9 Å². The normalized spacial score (nSPS) is 19.3. The largest absolute Gasteiger partial charge is 0.493 e. The lowest BCUT2D eigenvalue weighted by Crippen LogP contribution is -2.45. The molecule has 2 atom stereocenters. The Hall–Kier alpha value is -2.37. The molecule has 0 radical (unpaired) electrons. The van der Waals surface area contributed by atoms with Crippen molar-refractivity contribution in [3.8, 4) is 5.75 Å². The molecule has 1 N–H and O–H groups in total. The summed E-state index contributed by atoms with van der Waals surface area (Å²) in [4.78, 5) is 15.2. The van der Waals surface area contributed by atoms with E-state index in [0.717, 1.165) is 49.5 Å². The summed E-state index contributed by atoms with van der Waals surface area (Å²) in [5, 5.41) is 3.03. The number of nitrogens with one attached hydrogen (secondary N) is 1. The molecule has 33 heavy (non-hydrogen) atoms. The fourth-order valence-electron chi connectivity index (χ4n) is 4.31. The first kappa shape index (κ1) is 25.3. The summed E-state index contributed by atoms with van der Waals surface area (Å²) in [5.74, 6) is 0.742. The van der Waals surface area contributed by atoms with Gasteiger partial charge in [-0.2, -0.15) is 0 Å². The molecule has 0 aliphatic carbocycles. The van der Waals surface area contributed by atoms with E-state index >= 15 is 0 Å². The van der Waals surface area contributed by atoms with E-state index in [-0.39, 0.29) is 23.5 Å². The van der Waals surface area contributed by atoms with Crippen LogP contribution in [0.4, 0.5) is 5.69 Å². The third kappa shape index (κ3) is 7.05. The van der Waals surface area contributed by atoms with Gasteiger partial charge in [0.05, 0.1) is 18.8 Å². The van der Waals surface area contributed by atoms with Crippen LogP contribution < -0.4 is 10.1 Å². The first-order valence-electron chi connectivity index (χ1n) is 12.2. The fourth-order valence-corrected chi connectivity index (χ4v) is 4.31. The number of hydrogen-bond donors (Lipinski definition) is 1. The van der Waals surface area contributed by atoms with E-state index in [1.807, 2.05) is 43.3 Å². The summed E-state index contributed by atoms with van der Waals surface area (Å²) in [6.45, 7) is 16.5. The molecule has 0 saturated carbocycles. The number of nitrogens with zero attached hydrogens (tertiary/aromatic N) is 1. The second-order valence-electron chi connectivity index (χ2n) is 9.99. The first-order valence-corrected chi connectivity index (χ1v) is 12.2. The van der Waals surface area contributed by atoms with Crippen molar-refractivity contribution >= 4 is 11.6 Å². The van der Waals surface area contributed by atoms with Crippen LogP contribution in [0.15, 0.2) is 42.5 Å². The Morgan fingerprint density at radius 3 is 2.42 bits per heavy atom. The Morgan fingerprint density at radius 2 is 1.79 bits per heavy atom. The quantitative estimate of drug-likeness (QED) is 0.488. The zero-order valence-corrected chi connectivity index (χ0v) is 21.1. The lowest BCUT2D eigenvalue weighted by molar-refractivity contribution is -0.0686. The molecule has 1 aliphatic heterocycles. The van der Waals surface area contributed by atoms with Gasteiger partial charge in [0.15, 0.2) is 0 Å². The van der Waals surface area contributed by atoms with Gasteiger partial charge in [0.25, 0.3) is 5.91 Å². The molecule has 1 saturated heterocycles. The highest BCUT2D eigenvalue weighted by molar-refractivity contribution is 6.04. The minimum Gasteiger partial charge on any atom is -0.493 e. The Balaban J connectivity index is 1.67. The van der Waals surface area contributed by atoms with Gasteiger partial charge >= 0.3 is 0 Å². The predicted molar refractivity (Wildman–Crippen MR) is 135 cm³/mol. The van der Waals surface area contributed by atoms with Gasteiger partial charge in [-0.25, -0.2) is 0 Å². The second kappa shape index (κ2) is 11.2. The average Bonchev–Trinajstić information content (AvgIpc) is 2.76. The van der Waals surface area contributed by atoms with E-state index in [1.165, 1.54) is 5.56 Å². The molecule has 0 aromatic heterocycles. The molecule has 1 aliphatic rings. The number of hydrogen-bond acceptors (Lipinski definition) is 4. The van der Waals surface area contributed by atoms with Crippen molar-refractivity contribution in [3.63, 3.8) is 0 Å². The highest BCUT2D eigenvalue weighted by Gasteiger charge is 2.24. The predicted octanol–water partition coefficient (Wildman–Crippen LogP) is 5.81. The zero-order chi connectivity index (χ0) is 24.0. The van der Waals surface area contributed by atoms with Crippen LogP contribution in [0.25, 0.3) is 0 Å². The van der Waals surface area contributed by atoms with Crippen molar-refractivity contribution in [3.05, 3.63) is 59.2 Å². The number of anilines is 1. The smallest absolute Gasteiger partial charge is 0.255 e. The van der Waals surface area contributed by atoms with E-state index < -0.39 is 0 Å². The van der Waals surface area contributed by atoms with E-state index in [9.17, 15) is 4.79 Å². The maximum atomic E-state index is 12.7. The van der Waals surface area contributed by atoms with Crippen LogP contribution in [0.1, 0.15) is 68.9 Å². The van der Waals surface area contributed by atoms with Gasteiger partial charge in [-0.1, -0.05) is 44.5 Å². The fraction of sp³-hybridized carbons (Fsp3) is 0.536. The van der Waals surface area contributed by atoms with Crippen molar-refractivity contribution in [2.24, 2.45) is 0 Å². The molecule has 0 bridgehead atoms. The third-order valence-corrected chi connectivity index (χ3v) is 6.54. The maximum Gasteiger partial charge on any atom is 0.255 e. The van der Waals surface area contributed by atoms with Crippen molar-refractivity contribution in [2.75, 3.05) is 31.6 Å². The van der Waals surface area contributed by atoms with Gasteiger partial charge in [-0.15, -0.1) is 0 Å². The highest BCUT2D eigenvalue weighted by Crippen LogP contribution is 2.36. The number of carbonyl (C=O) groups excluding carboxylic acids is 1. The van der Waals surface area contributed by atoms with Gasteiger partial charge in [0, 0.05) is 37.0 Å². The molecule has 180 valence electrons. The highest BCUT2D eigenvalue weighted by atomic mass is 16.5. The first-order chi connectivity index (χ1) is 15.7. The lowest BCUT2D eigenvalue weighted by atomic mass is 9.81. The Kier molecular flexibility index (Phi) is 8.55. The monoisotopic (exact) mass is 452 g/mol. The molecule has 2 unspecified atom stereocenters. The Morgan fingerprint density at radius 1 is 1.12 bits per heavy atom. The summed E-state index contributed by atoms with van der Waals surface area (Å²) in [6, 6.07) is 13.6. The van der Waals surface area contributed by atoms with Crippen LogP contribution in [0.5, 0.6) is 5.75 Å². The lowest BCUT2D eigenvalue weighted by Gasteiger charge is -2.35. The topological polar surface area (TPSA) is 50.8 Å². The number of carbonyl (C=O) groups is 1. The number of ether oxygens (including phenoxy) is 2. The van der Waals surface area contributed by atoms with E-state index in [1.54, 1.807) is 0 Å².